The lowest BCUT2D eigenvalue weighted by molar-refractivity contribution is -0.138. The number of aliphatic hydroxyl groups is 1. The molecule has 0 amide bonds. The van der Waals surface area contributed by atoms with Crippen LogP contribution >= 0.6 is 0 Å². The highest BCUT2D eigenvalue weighted by molar-refractivity contribution is 5.67. The maximum Gasteiger partial charge on any atom is 0.304 e. The Labute approximate surface area is 89.9 Å². The molecule has 2 fully saturated rings. The zero-order chi connectivity index (χ0) is 11.0. The first-order chi connectivity index (χ1) is 7.08. The molecule has 2 aliphatic rings. The summed E-state index contributed by atoms with van der Waals surface area (Å²) in [5, 5.41) is 18.4. The van der Waals surface area contributed by atoms with Crippen LogP contribution in [0.2, 0.25) is 0 Å². The minimum atomic E-state index is -0.729. The highest BCUT2D eigenvalue weighted by Gasteiger charge is 2.42. The van der Waals surface area contributed by atoms with Crippen molar-refractivity contribution in [3.63, 3.8) is 0 Å². The Hall–Kier alpha value is -0.610. The van der Waals surface area contributed by atoms with E-state index in [2.05, 4.69) is 4.90 Å². The van der Waals surface area contributed by atoms with Gasteiger partial charge in [0.15, 0.2) is 0 Å². The Balaban J connectivity index is 2.01. The van der Waals surface area contributed by atoms with Gasteiger partial charge in [0.05, 0.1) is 12.5 Å². The molecule has 2 rings (SSSR count). The molecule has 15 heavy (non-hydrogen) atoms. The summed E-state index contributed by atoms with van der Waals surface area (Å²) in [7, 11) is 0. The van der Waals surface area contributed by atoms with Crippen LogP contribution in [-0.2, 0) is 4.79 Å². The molecule has 0 spiro atoms. The fourth-order valence-corrected chi connectivity index (χ4v) is 3.26. The number of rotatable bonds is 3. The number of carbonyl (C=O) groups is 1. The monoisotopic (exact) mass is 213 g/mol. The molecule has 2 heterocycles. The average Bonchev–Trinajstić information content (AvgIpc) is 2.38. The lowest BCUT2D eigenvalue weighted by atomic mass is 9.97. The van der Waals surface area contributed by atoms with E-state index in [4.69, 9.17) is 5.11 Å². The number of piperidine rings is 1. The van der Waals surface area contributed by atoms with Gasteiger partial charge in [-0.3, -0.25) is 9.69 Å². The van der Waals surface area contributed by atoms with Crippen molar-refractivity contribution in [1.82, 2.24) is 4.90 Å². The molecule has 4 heteroatoms. The van der Waals surface area contributed by atoms with Crippen molar-refractivity contribution in [3.05, 3.63) is 0 Å². The van der Waals surface area contributed by atoms with E-state index in [9.17, 15) is 9.90 Å². The van der Waals surface area contributed by atoms with E-state index in [1.807, 2.05) is 6.92 Å². The molecular weight excluding hydrogens is 194 g/mol. The lowest BCUT2D eigenvalue weighted by Gasteiger charge is -2.40. The number of aliphatic hydroxyl groups excluding tert-OH is 1. The molecule has 0 radical (unpaired) electrons. The molecule has 86 valence electrons. The predicted octanol–water partition coefficient (Wildman–Crippen LogP) is 0.837. The van der Waals surface area contributed by atoms with Gasteiger partial charge in [0.2, 0.25) is 0 Å². The normalized spacial score (nSPS) is 37.9. The average molecular weight is 213 g/mol. The molecular formula is C11H19NO3. The first-order valence-electron chi connectivity index (χ1n) is 5.75. The van der Waals surface area contributed by atoms with Gasteiger partial charge in [-0.1, -0.05) is 0 Å². The second-order valence-electron chi connectivity index (χ2n) is 4.90. The zero-order valence-electron chi connectivity index (χ0n) is 9.09. The maximum absolute atomic E-state index is 10.7. The first kappa shape index (κ1) is 10.9. The van der Waals surface area contributed by atoms with Crippen LogP contribution in [0.4, 0.5) is 0 Å². The number of carboxylic acids is 1. The third kappa shape index (κ3) is 2.16. The molecule has 4 nitrogen and oxygen atoms in total. The van der Waals surface area contributed by atoms with Gasteiger partial charge >= 0.3 is 5.97 Å². The van der Waals surface area contributed by atoms with Crippen LogP contribution in [0.1, 0.15) is 39.0 Å². The van der Waals surface area contributed by atoms with Crippen LogP contribution in [0.5, 0.6) is 0 Å². The predicted molar refractivity (Wildman–Crippen MR) is 55.6 cm³/mol. The fourth-order valence-electron chi connectivity index (χ4n) is 3.26. The van der Waals surface area contributed by atoms with Gasteiger partial charge < -0.3 is 10.2 Å². The highest BCUT2D eigenvalue weighted by atomic mass is 16.4. The number of hydrogen-bond acceptors (Lipinski definition) is 3. The SMILES string of the molecule is CC(CC(=O)O)N1C2CCC1CC(O)C2. The molecule has 0 aromatic rings. The van der Waals surface area contributed by atoms with Gasteiger partial charge in [0, 0.05) is 18.1 Å². The van der Waals surface area contributed by atoms with Gasteiger partial charge in [-0.05, 0) is 32.6 Å². The third-order valence-corrected chi connectivity index (χ3v) is 3.74. The van der Waals surface area contributed by atoms with Crippen LogP contribution in [0, 0.1) is 0 Å². The van der Waals surface area contributed by atoms with E-state index in [0.29, 0.717) is 12.1 Å². The van der Waals surface area contributed by atoms with E-state index in [1.54, 1.807) is 0 Å². The largest absolute Gasteiger partial charge is 0.481 e. The Morgan fingerprint density at radius 1 is 1.40 bits per heavy atom. The van der Waals surface area contributed by atoms with Gasteiger partial charge in [-0.25, -0.2) is 0 Å². The van der Waals surface area contributed by atoms with Crippen LogP contribution in [0.3, 0.4) is 0 Å². The molecule has 2 saturated heterocycles. The standard InChI is InChI=1S/C11H19NO3/c1-7(4-11(14)15)12-8-2-3-9(12)6-10(13)5-8/h7-10,13H,2-6H2,1H3,(H,14,15). The van der Waals surface area contributed by atoms with E-state index in [1.165, 1.54) is 0 Å². The van der Waals surface area contributed by atoms with Crippen molar-refractivity contribution in [2.45, 2.75) is 63.3 Å². The molecule has 2 bridgehead atoms. The Morgan fingerprint density at radius 2 is 1.93 bits per heavy atom. The second kappa shape index (κ2) is 4.10. The molecule has 0 aliphatic carbocycles. The first-order valence-corrected chi connectivity index (χ1v) is 5.75. The van der Waals surface area contributed by atoms with E-state index >= 15 is 0 Å². The van der Waals surface area contributed by atoms with Crippen LogP contribution in [0.25, 0.3) is 0 Å². The summed E-state index contributed by atoms with van der Waals surface area (Å²) >= 11 is 0. The minimum absolute atomic E-state index is 0.104. The summed E-state index contributed by atoms with van der Waals surface area (Å²) in [6.07, 6.45) is 3.91. The third-order valence-electron chi connectivity index (χ3n) is 3.74. The summed E-state index contributed by atoms with van der Waals surface area (Å²) in [5.41, 5.74) is 0. The molecule has 3 atom stereocenters. The van der Waals surface area contributed by atoms with Crippen LogP contribution in [0.15, 0.2) is 0 Å². The molecule has 0 aromatic carbocycles. The zero-order valence-corrected chi connectivity index (χ0v) is 9.09. The van der Waals surface area contributed by atoms with Gasteiger partial charge in [0.1, 0.15) is 0 Å². The summed E-state index contributed by atoms with van der Waals surface area (Å²) in [4.78, 5) is 13.0. The topological polar surface area (TPSA) is 60.8 Å². The highest BCUT2D eigenvalue weighted by Crippen LogP contribution is 2.37. The summed E-state index contributed by atoms with van der Waals surface area (Å²) in [6.45, 7) is 1.98. The Morgan fingerprint density at radius 3 is 2.40 bits per heavy atom. The number of carboxylic acid groups (broad SMARTS) is 1. The van der Waals surface area contributed by atoms with E-state index in [-0.39, 0.29) is 18.6 Å². The Kier molecular flexibility index (Phi) is 2.98. The number of nitrogens with zero attached hydrogens (tertiary/aromatic N) is 1. The van der Waals surface area contributed by atoms with Crippen molar-refractivity contribution in [3.8, 4) is 0 Å². The molecule has 0 saturated carbocycles. The summed E-state index contributed by atoms with van der Waals surface area (Å²) in [5.74, 6) is -0.729. The lowest BCUT2D eigenvalue weighted by Crippen LogP contribution is -2.49. The van der Waals surface area contributed by atoms with E-state index < -0.39 is 5.97 Å². The smallest absolute Gasteiger partial charge is 0.304 e. The van der Waals surface area contributed by atoms with Crippen molar-refractivity contribution in [1.29, 1.82) is 0 Å². The van der Waals surface area contributed by atoms with Crippen molar-refractivity contribution < 1.29 is 15.0 Å². The van der Waals surface area contributed by atoms with Gasteiger partial charge in [0.25, 0.3) is 0 Å². The molecule has 3 unspecified atom stereocenters. The van der Waals surface area contributed by atoms with Gasteiger partial charge in [-0.2, -0.15) is 0 Å². The number of fused-ring (bicyclic) bond motifs is 2. The summed E-state index contributed by atoms with van der Waals surface area (Å²) in [6, 6.07) is 0.925. The van der Waals surface area contributed by atoms with Crippen molar-refractivity contribution in [2.24, 2.45) is 0 Å². The van der Waals surface area contributed by atoms with E-state index in [0.717, 1.165) is 25.7 Å². The maximum atomic E-state index is 10.7. The molecule has 2 aliphatic heterocycles. The number of hydrogen-bond donors (Lipinski definition) is 2. The quantitative estimate of drug-likeness (QED) is 0.729. The minimum Gasteiger partial charge on any atom is -0.481 e. The molecule has 0 aromatic heterocycles. The molecule has 2 N–H and O–H groups in total. The second-order valence-corrected chi connectivity index (χ2v) is 4.90. The van der Waals surface area contributed by atoms with Crippen molar-refractivity contribution in [2.75, 3.05) is 0 Å². The van der Waals surface area contributed by atoms with Crippen LogP contribution in [-0.4, -0.2) is 45.3 Å². The Bertz CT molecular complexity index is 242. The van der Waals surface area contributed by atoms with Crippen molar-refractivity contribution >= 4 is 5.97 Å². The fraction of sp³-hybridized carbons (Fsp3) is 0.909. The number of aliphatic carboxylic acids is 1. The summed E-state index contributed by atoms with van der Waals surface area (Å²) < 4.78 is 0. The van der Waals surface area contributed by atoms with Crippen LogP contribution < -0.4 is 0 Å². The van der Waals surface area contributed by atoms with Gasteiger partial charge in [-0.15, -0.1) is 0 Å².